The second-order valence-corrected chi connectivity index (χ2v) is 7.27. The lowest BCUT2D eigenvalue weighted by molar-refractivity contribution is -0.116. The van der Waals surface area contributed by atoms with E-state index in [4.69, 9.17) is 5.73 Å². The van der Waals surface area contributed by atoms with E-state index in [9.17, 15) is 4.79 Å². The summed E-state index contributed by atoms with van der Waals surface area (Å²) >= 11 is 0. The highest BCUT2D eigenvalue weighted by molar-refractivity contribution is 5.92. The molecule has 0 saturated carbocycles. The van der Waals surface area contributed by atoms with Crippen molar-refractivity contribution in [1.29, 1.82) is 0 Å². The van der Waals surface area contributed by atoms with E-state index < -0.39 is 0 Å². The summed E-state index contributed by atoms with van der Waals surface area (Å²) in [6.45, 7) is 0.503. The number of amides is 1. The first kappa shape index (κ1) is 19.0. The van der Waals surface area contributed by atoms with Crippen LogP contribution in [0.1, 0.15) is 17.5 Å². The molecule has 4 heteroatoms. The number of rotatable bonds is 6. The molecule has 0 unspecified atom stereocenters. The van der Waals surface area contributed by atoms with Crippen molar-refractivity contribution in [2.75, 3.05) is 5.32 Å². The maximum absolute atomic E-state index is 12.4. The highest BCUT2D eigenvalue weighted by Crippen LogP contribution is 2.25. The smallest absolute Gasteiger partial charge is 0.224 e. The number of nitrogens with two attached hydrogens (primary N) is 1. The number of anilines is 1. The van der Waals surface area contributed by atoms with Crippen LogP contribution in [0.25, 0.3) is 22.0 Å². The third-order valence-corrected chi connectivity index (χ3v) is 5.32. The first-order valence-corrected chi connectivity index (χ1v) is 9.87. The number of nitrogens with zero attached hydrogens (tertiary/aromatic N) is 1. The van der Waals surface area contributed by atoms with Gasteiger partial charge in [-0.3, -0.25) is 4.79 Å². The quantitative estimate of drug-likeness (QED) is 0.499. The predicted octanol–water partition coefficient (Wildman–Crippen LogP) is 4.88. The summed E-state index contributed by atoms with van der Waals surface area (Å²) in [5, 5.41) is 4.22. The number of fused-ring (bicyclic) bond motifs is 1. The van der Waals surface area contributed by atoms with Crippen LogP contribution in [0.2, 0.25) is 0 Å². The Hall–Kier alpha value is -3.37. The van der Waals surface area contributed by atoms with Crippen molar-refractivity contribution in [2.24, 2.45) is 12.8 Å². The van der Waals surface area contributed by atoms with Crippen LogP contribution in [0.4, 0.5) is 5.69 Å². The highest BCUT2D eigenvalue weighted by atomic mass is 16.1. The second-order valence-electron chi connectivity index (χ2n) is 7.27. The molecule has 4 nitrogen and oxygen atoms in total. The van der Waals surface area contributed by atoms with Gasteiger partial charge in [-0.2, -0.15) is 0 Å². The summed E-state index contributed by atoms with van der Waals surface area (Å²) in [6.07, 6.45) is 3.28. The van der Waals surface area contributed by atoms with Gasteiger partial charge in [-0.15, -0.1) is 0 Å². The molecule has 0 fully saturated rings. The largest absolute Gasteiger partial charge is 0.350 e. The number of carbonyl (C=O) groups excluding carboxylic acids is 1. The Labute approximate surface area is 171 Å². The van der Waals surface area contributed by atoms with Crippen LogP contribution in [-0.4, -0.2) is 10.5 Å². The zero-order valence-electron chi connectivity index (χ0n) is 16.6. The first-order chi connectivity index (χ1) is 14.2. The van der Waals surface area contributed by atoms with E-state index in [-0.39, 0.29) is 5.91 Å². The summed E-state index contributed by atoms with van der Waals surface area (Å²) in [7, 11) is 2.04. The van der Waals surface area contributed by atoms with Crippen molar-refractivity contribution in [1.82, 2.24) is 4.57 Å². The van der Waals surface area contributed by atoms with Gasteiger partial charge in [0.05, 0.1) is 0 Å². The third kappa shape index (κ3) is 4.08. The molecule has 4 rings (SSSR count). The van der Waals surface area contributed by atoms with Gasteiger partial charge >= 0.3 is 0 Å². The number of aryl methyl sites for hydroxylation is 2. The van der Waals surface area contributed by atoms with Crippen LogP contribution in [0.3, 0.4) is 0 Å². The lowest BCUT2D eigenvalue weighted by Crippen LogP contribution is -2.12. The van der Waals surface area contributed by atoms with Crippen LogP contribution in [0.15, 0.2) is 79.0 Å². The maximum Gasteiger partial charge on any atom is 0.224 e. The molecule has 0 aliphatic carbocycles. The molecule has 146 valence electrons. The predicted molar refractivity (Wildman–Crippen MR) is 120 cm³/mol. The number of para-hydroxylation sites is 1. The van der Waals surface area contributed by atoms with Crippen molar-refractivity contribution < 1.29 is 4.79 Å². The molecule has 0 aliphatic rings. The summed E-state index contributed by atoms with van der Waals surface area (Å²) in [6, 6.07) is 24.3. The lowest BCUT2D eigenvalue weighted by Gasteiger charge is -2.10. The van der Waals surface area contributed by atoms with Gasteiger partial charge in [0, 0.05) is 42.8 Å². The van der Waals surface area contributed by atoms with Gasteiger partial charge in [0.15, 0.2) is 0 Å². The topological polar surface area (TPSA) is 60.0 Å². The van der Waals surface area contributed by atoms with E-state index in [1.165, 1.54) is 16.5 Å². The Bertz CT molecular complexity index is 1140. The fourth-order valence-corrected chi connectivity index (χ4v) is 3.81. The molecular formula is C25H25N3O. The van der Waals surface area contributed by atoms with E-state index in [1.54, 1.807) is 0 Å². The molecule has 0 bridgehead atoms. The Kier molecular flexibility index (Phi) is 5.45. The Balaban J connectivity index is 1.41. The zero-order chi connectivity index (χ0) is 20.2. The van der Waals surface area contributed by atoms with Gasteiger partial charge in [0.25, 0.3) is 0 Å². The van der Waals surface area contributed by atoms with Crippen LogP contribution in [-0.2, 0) is 24.8 Å². The Morgan fingerprint density at radius 3 is 2.45 bits per heavy atom. The molecule has 29 heavy (non-hydrogen) atoms. The standard InChI is InChI=1S/C25H25N3O/c1-28-17-20(23-8-4-5-9-24(23)28)12-15-25(29)27-21-13-10-18(11-14-21)22-7-3-2-6-19(22)16-26/h2-11,13-14,17H,12,15-16,26H2,1H3,(H,27,29). The second kappa shape index (κ2) is 8.33. The minimum atomic E-state index is 0.0213. The number of nitrogens with one attached hydrogen (secondary N) is 1. The minimum absolute atomic E-state index is 0.0213. The SMILES string of the molecule is Cn1cc(CCC(=O)Nc2ccc(-c3ccccc3CN)cc2)c2ccccc21. The highest BCUT2D eigenvalue weighted by Gasteiger charge is 2.09. The molecule has 1 amide bonds. The average Bonchev–Trinajstić information content (AvgIpc) is 3.09. The van der Waals surface area contributed by atoms with E-state index in [0.717, 1.165) is 28.8 Å². The molecular weight excluding hydrogens is 358 g/mol. The van der Waals surface area contributed by atoms with Crippen molar-refractivity contribution in [2.45, 2.75) is 19.4 Å². The summed E-state index contributed by atoms with van der Waals surface area (Å²) in [5.41, 5.74) is 12.4. The molecule has 1 aromatic heterocycles. The monoisotopic (exact) mass is 383 g/mol. The Morgan fingerprint density at radius 1 is 0.931 bits per heavy atom. The molecule has 4 aromatic rings. The van der Waals surface area contributed by atoms with Crippen LogP contribution in [0, 0.1) is 0 Å². The molecule has 0 atom stereocenters. The summed E-state index contributed by atoms with van der Waals surface area (Å²) in [5.74, 6) is 0.0213. The van der Waals surface area contributed by atoms with Gasteiger partial charge < -0.3 is 15.6 Å². The number of carbonyl (C=O) groups is 1. The van der Waals surface area contributed by atoms with E-state index >= 15 is 0 Å². The summed E-state index contributed by atoms with van der Waals surface area (Å²) in [4.78, 5) is 12.4. The van der Waals surface area contributed by atoms with E-state index in [0.29, 0.717) is 13.0 Å². The lowest BCUT2D eigenvalue weighted by atomic mass is 9.99. The van der Waals surface area contributed by atoms with Gasteiger partial charge in [-0.25, -0.2) is 0 Å². The number of aromatic nitrogens is 1. The van der Waals surface area contributed by atoms with Crippen molar-refractivity contribution in [3.8, 4) is 11.1 Å². The van der Waals surface area contributed by atoms with E-state index in [2.05, 4.69) is 34.3 Å². The molecule has 0 spiro atoms. The van der Waals surface area contributed by atoms with Gasteiger partial charge in [0.2, 0.25) is 5.91 Å². The number of benzene rings is 3. The van der Waals surface area contributed by atoms with Gasteiger partial charge in [-0.1, -0.05) is 54.6 Å². The fourth-order valence-electron chi connectivity index (χ4n) is 3.81. The van der Waals surface area contributed by atoms with Crippen molar-refractivity contribution >= 4 is 22.5 Å². The molecule has 0 saturated heterocycles. The van der Waals surface area contributed by atoms with Crippen LogP contribution in [0.5, 0.6) is 0 Å². The number of hydrogen-bond acceptors (Lipinski definition) is 2. The maximum atomic E-state index is 12.4. The fraction of sp³-hybridized carbons (Fsp3) is 0.160. The number of hydrogen-bond donors (Lipinski definition) is 2. The molecule has 3 N–H and O–H groups in total. The molecule has 0 aliphatic heterocycles. The minimum Gasteiger partial charge on any atom is -0.350 e. The normalized spacial score (nSPS) is 11.0. The third-order valence-electron chi connectivity index (χ3n) is 5.32. The van der Waals surface area contributed by atoms with E-state index in [1.807, 2.05) is 61.6 Å². The first-order valence-electron chi connectivity index (χ1n) is 9.87. The Morgan fingerprint density at radius 2 is 1.66 bits per heavy atom. The molecule has 1 heterocycles. The van der Waals surface area contributed by atoms with Gasteiger partial charge in [0.1, 0.15) is 0 Å². The van der Waals surface area contributed by atoms with Crippen molar-refractivity contribution in [3.63, 3.8) is 0 Å². The molecule has 0 radical (unpaired) electrons. The van der Waals surface area contributed by atoms with Gasteiger partial charge in [-0.05, 0) is 46.9 Å². The van der Waals surface area contributed by atoms with Crippen molar-refractivity contribution in [3.05, 3.63) is 90.1 Å². The average molecular weight is 383 g/mol. The molecule has 3 aromatic carbocycles. The van der Waals surface area contributed by atoms with Crippen LogP contribution >= 0.6 is 0 Å². The zero-order valence-corrected chi connectivity index (χ0v) is 16.6. The van der Waals surface area contributed by atoms with Crippen LogP contribution < -0.4 is 11.1 Å². The summed E-state index contributed by atoms with van der Waals surface area (Å²) < 4.78 is 2.11.